The molecule has 0 saturated heterocycles. The molecule has 0 radical (unpaired) electrons. The maximum absolute atomic E-state index is 12.1. The first-order chi connectivity index (χ1) is 11.2. The van der Waals surface area contributed by atoms with Crippen molar-refractivity contribution in [1.82, 2.24) is 10.6 Å². The summed E-state index contributed by atoms with van der Waals surface area (Å²) in [5.41, 5.74) is 2.54. The monoisotopic (exact) mass is 334 g/mol. The van der Waals surface area contributed by atoms with E-state index in [1.807, 2.05) is 12.2 Å². The largest absolute Gasteiger partial charge is 0.341 e. The van der Waals surface area contributed by atoms with Crippen LogP contribution < -0.4 is 16.0 Å². The second-order valence-corrected chi connectivity index (χ2v) is 7.16. The van der Waals surface area contributed by atoms with E-state index in [2.05, 4.69) is 62.6 Å². The van der Waals surface area contributed by atoms with Gasteiger partial charge in [-0.25, -0.2) is 4.79 Å². The van der Waals surface area contributed by atoms with Crippen LogP contribution in [0.5, 0.6) is 0 Å². The van der Waals surface area contributed by atoms with Crippen molar-refractivity contribution in [2.45, 2.75) is 53.1 Å². The fraction of sp³-hybridized carbons (Fsp3) is 0.579. The number of amides is 3. The lowest BCUT2D eigenvalue weighted by molar-refractivity contribution is -0.719. The average Bonchev–Trinajstić information content (AvgIpc) is 2.52. The highest BCUT2D eigenvalue weighted by Gasteiger charge is 2.26. The van der Waals surface area contributed by atoms with Crippen LogP contribution in [0.3, 0.4) is 0 Å². The van der Waals surface area contributed by atoms with E-state index in [1.54, 1.807) is 0 Å². The number of hydrogen-bond donors (Lipinski definition) is 3. The summed E-state index contributed by atoms with van der Waals surface area (Å²) in [4.78, 5) is 23.4. The van der Waals surface area contributed by atoms with Crippen molar-refractivity contribution in [2.75, 3.05) is 7.05 Å². The number of rotatable bonds is 7. The number of imide groups is 1. The Morgan fingerprint density at radius 2 is 1.62 bits per heavy atom. The fourth-order valence-electron chi connectivity index (χ4n) is 2.75. The lowest BCUT2D eigenvalue weighted by Gasteiger charge is -2.23. The van der Waals surface area contributed by atoms with Gasteiger partial charge in [-0.3, -0.25) is 10.1 Å². The van der Waals surface area contributed by atoms with Crippen molar-refractivity contribution in [3.63, 3.8) is 0 Å². The molecule has 0 spiro atoms. The van der Waals surface area contributed by atoms with Crippen LogP contribution in [0.4, 0.5) is 4.79 Å². The molecule has 0 aliphatic carbocycles. The molecule has 4 N–H and O–H groups in total. The molecule has 0 fully saturated rings. The van der Waals surface area contributed by atoms with Gasteiger partial charge < -0.3 is 10.6 Å². The van der Waals surface area contributed by atoms with Gasteiger partial charge in [-0.05, 0) is 24.8 Å². The van der Waals surface area contributed by atoms with E-state index in [4.69, 9.17) is 0 Å². The molecular weight excluding hydrogens is 302 g/mol. The van der Waals surface area contributed by atoms with Crippen LogP contribution in [0.15, 0.2) is 24.3 Å². The van der Waals surface area contributed by atoms with E-state index in [-0.39, 0.29) is 18.0 Å². The Morgan fingerprint density at radius 3 is 2.08 bits per heavy atom. The van der Waals surface area contributed by atoms with E-state index in [0.29, 0.717) is 11.8 Å². The molecule has 0 saturated carbocycles. The van der Waals surface area contributed by atoms with Crippen LogP contribution >= 0.6 is 0 Å². The molecule has 0 aliphatic rings. The van der Waals surface area contributed by atoms with Crippen molar-refractivity contribution in [1.29, 1.82) is 0 Å². The Kier molecular flexibility index (Phi) is 7.92. The van der Waals surface area contributed by atoms with Gasteiger partial charge in [0.2, 0.25) is 0 Å². The summed E-state index contributed by atoms with van der Waals surface area (Å²) in [6.07, 6.45) is 1.07. The first-order valence-corrected chi connectivity index (χ1v) is 8.71. The van der Waals surface area contributed by atoms with Crippen molar-refractivity contribution in [3.05, 3.63) is 35.4 Å². The first kappa shape index (κ1) is 20.2. The molecule has 0 heterocycles. The quantitative estimate of drug-likeness (QED) is 0.713. The van der Waals surface area contributed by atoms with E-state index < -0.39 is 6.03 Å². The summed E-state index contributed by atoms with van der Waals surface area (Å²) in [5.74, 6) is 0.726. The molecule has 5 heteroatoms. The van der Waals surface area contributed by atoms with Gasteiger partial charge in [0.25, 0.3) is 5.91 Å². The number of urea groups is 1. The highest BCUT2D eigenvalue weighted by molar-refractivity contribution is 5.95. The summed E-state index contributed by atoms with van der Waals surface area (Å²) in [6, 6.07) is 8.01. The van der Waals surface area contributed by atoms with E-state index in [1.165, 1.54) is 18.2 Å². The second-order valence-electron chi connectivity index (χ2n) is 7.16. The Bertz CT molecular complexity index is 538. The Hall–Kier alpha value is -1.88. The Morgan fingerprint density at radius 1 is 1.04 bits per heavy atom. The molecule has 1 rings (SSSR count). The summed E-state index contributed by atoms with van der Waals surface area (Å²) < 4.78 is 0. The van der Waals surface area contributed by atoms with Gasteiger partial charge in [0.1, 0.15) is 6.04 Å². The summed E-state index contributed by atoms with van der Waals surface area (Å²) >= 11 is 0. The molecule has 0 bridgehead atoms. The number of carbonyl (C=O) groups is 2. The highest BCUT2D eigenvalue weighted by Crippen LogP contribution is 2.19. The van der Waals surface area contributed by atoms with E-state index in [0.717, 1.165) is 6.42 Å². The van der Waals surface area contributed by atoms with Crippen molar-refractivity contribution in [2.24, 2.45) is 11.8 Å². The molecule has 5 nitrogen and oxygen atoms in total. The van der Waals surface area contributed by atoms with Gasteiger partial charge in [0.05, 0.1) is 0 Å². The zero-order chi connectivity index (χ0) is 18.3. The van der Waals surface area contributed by atoms with Gasteiger partial charge in [-0.1, -0.05) is 52.0 Å². The van der Waals surface area contributed by atoms with Gasteiger partial charge >= 0.3 is 6.03 Å². The second kappa shape index (κ2) is 9.42. The summed E-state index contributed by atoms with van der Waals surface area (Å²) in [5, 5.41) is 6.76. The standard InChI is InChI=1S/C19H31N3O2/c1-12(2)11-15-7-9-16(10-8-15)17(13(3)4)21-14(5)18(23)22-19(24)20-6/h7-10,12-14,17,21H,11H2,1-6H3,(H2,20,22,23,24)/p+1/t14-,17-/m0/s1. The number of carbonyl (C=O) groups excluding carboxylic acids is 2. The van der Waals surface area contributed by atoms with E-state index in [9.17, 15) is 9.59 Å². The molecule has 24 heavy (non-hydrogen) atoms. The predicted molar refractivity (Wildman–Crippen MR) is 96.5 cm³/mol. The number of quaternary nitrogens is 1. The molecule has 0 aromatic heterocycles. The zero-order valence-corrected chi connectivity index (χ0v) is 15.7. The molecular formula is C19H32N3O2+. The number of hydrogen-bond acceptors (Lipinski definition) is 2. The van der Waals surface area contributed by atoms with Crippen molar-refractivity contribution < 1.29 is 14.9 Å². The Labute approximate surface area is 145 Å². The average molecular weight is 334 g/mol. The lowest BCUT2D eigenvalue weighted by Crippen LogP contribution is -2.93. The maximum atomic E-state index is 12.1. The molecule has 1 aromatic carbocycles. The van der Waals surface area contributed by atoms with Crippen molar-refractivity contribution >= 4 is 11.9 Å². The minimum Gasteiger partial charge on any atom is -0.341 e. The van der Waals surface area contributed by atoms with Crippen LogP contribution in [0.1, 0.15) is 51.8 Å². The minimum absolute atomic E-state index is 0.170. The number of benzene rings is 1. The fourth-order valence-corrected chi connectivity index (χ4v) is 2.75. The smallest absolute Gasteiger partial charge is 0.321 e. The number of nitrogens with two attached hydrogens (primary N) is 1. The molecule has 1 aromatic rings. The Balaban J connectivity index is 2.79. The van der Waals surface area contributed by atoms with Gasteiger partial charge in [0.15, 0.2) is 6.04 Å². The summed E-state index contributed by atoms with van der Waals surface area (Å²) in [7, 11) is 1.49. The van der Waals surface area contributed by atoms with Crippen LogP contribution in [0.2, 0.25) is 0 Å². The minimum atomic E-state index is -0.473. The normalized spacial score (nSPS) is 13.7. The third-order valence-electron chi connectivity index (χ3n) is 4.10. The molecule has 3 amide bonds. The SMILES string of the molecule is CNC(=O)NC(=O)[C@H](C)[NH2+][C@H](c1ccc(CC(C)C)cc1)C(C)C. The third kappa shape index (κ3) is 6.32. The van der Waals surface area contributed by atoms with Crippen molar-refractivity contribution in [3.8, 4) is 0 Å². The van der Waals surface area contributed by atoms with Gasteiger partial charge in [-0.2, -0.15) is 0 Å². The van der Waals surface area contributed by atoms with Crippen LogP contribution in [0, 0.1) is 11.8 Å². The molecule has 2 atom stereocenters. The third-order valence-corrected chi connectivity index (χ3v) is 4.10. The van der Waals surface area contributed by atoms with E-state index >= 15 is 0 Å². The summed E-state index contributed by atoms with van der Waals surface area (Å²) in [6.45, 7) is 10.5. The lowest BCUT2D eigenvalue weighted by atomic mass is 9.93. The number of nitrogens with one attached hydrogen (secondary N) is 2. The topological polar surface area (TPSA) is 74.8 Å². The van der Waals surface area contributed by atoms with Crippen LogP contribution in [-0.2, 0) is 11.2 Å². The molecule has 0 aliphatic heterocycles. The maximum Gasteiger partial charge on any atom is 0.321 e. The highest BCUT2D eigenvalue weighted by atomic mass is 16.2. The first-order valence-electron chi connectivity index (χ1n) is 8.71. The molecule has 0 unspecified atom stereocenters. The zero-order valence-electron chi connectivity index (χ0n) is 15.7. The predicted octanol–water partition coefficient (Wildman–Crippen LogP) is 1.99. The molecule has 134 valence electrons. The van der Waals surface area contributed by atoms with Gasteiger partial charge in [-0.15, -0.1) is 0 Å². The van der Waals surface area contributed by atoms with Crippen LogP contribution in [-0.4, -0.2) is 25.0 Å². The van der Waals surface area contributed by atoms with Gasteiger partial charge in [0, 0.05) is 18.5 Å². The van der Waals surface area contributed by atoms with Crippen LogP contribution in [0.25, 0.3) is 0 Å².